The summed E-state index contributed by atoms with van der Waals surface area (Å²) in [5.41, 5.74) is 11.7. The van der Waals surface area contributed by atoms with Gasteiger partial charge in [-0.2, -0.15) is 22.7 Å². The molecule has 0 saturated heterocycles. The van der Waals surface area contributed by atoms with Crippen molar-refractivity contribution in [2.24, 2.45) is 0 Å². The third kappa shape index (κ3) is 8.52. The van der Waals surface area contributed by atoms with Crippen LogP contribution >= 0.6 is 38.5 Å². The predicted molar refractivity (Wildman–Crippen MR) is 243 cm³/mol. The summed E-state index contributed by atoms with van der Waals surface area (Å²) in [5, 5.41) is 15.6. The maximum absolute atomic E-state index is 2.79. The first-order chi connectivity index (χ1) is 23.6. The van der Waals surface area contributed by atoms with E-state index in [0.29, 0.717) is 0 Å². The quantitative estimate of drug-likeness (QED) is 0.181. The van der Waals surface area contributed by atoms with Gasteiger partial charge in [-0.15, -0.1) is 0 Å². The first-order valence-electron chi connectivity index (χ1n) is 19.1. The number of hydrogen-bond acceptors (Lipinski definition) is 2. The largest absolute Gasteiger partial charge is 0.152 e. The van der Waals surface area contributed by atoms with Gasteiger partial charge in [-0.05, 0) is 159 Å². The molecule has 0 saturated carbocycles. The molecule has 0 spiro atoms. The molecular weight excluding hydrogens is 703 g/mol. The highest BCUT2D eigenvalue weighted by Crippen LogP contribution is 2.77. The molecule has 0 amide bonds. The Morgan fingerprint density at radius 2 is 0.885 bits per heavy atom. The molecule has 5 rings (SSSR count). The van der Waals surface area contributed by atoms with Crippen molar-refractivity contribution < 1.29 is 0 Å². The zero-order chi connectivity index (χ0) is 39.0. The van der Waals surface area contributed by atoms with Gasteiger partial charge >= 0.3 is 0 Å². The van der Waals surface area contributed by atoms with Crippen molar-refractivity contribution in [2.45, 2.75) is 157 Å². The Balaban J connectivity index is 2.02. The number of thiophene rings is 2. The molecule has 4 heteroatoms. The molecule has 0 N–H and O–H groups in total. The SMILES string of the molecule is CC(C)(C)c1cc(C(C)(C)C)c(P2C=C(c3ccsc3)P(c3c(C(C)(C)C)cc(C(C)(C)C)cc3C(C)(C)C)/C2=C/c2ccsc2)c(C(C)(C)C)c1. The normalized spacial score (nSPS) is 18.7. The maximum Gasteiger partial charge on any atom is -0.00141 e. The van der Waals surface area contributed by atoms with Crippen LogP contribution in [0.2, 0.25) is 0 Å². The molecule has 2 aromatic heterocycles. The van der Waals surface area contributed by atoms with Crippen LogP contribution in [-0.4, -0.2) is 0 Å². The minimum absolute atomic E-state index is 0.0182. The van der Waals surface area contributed by atoms with Crippen LogP contribution in [0, 0.1) is 0 Å². The molecule has 4 aromatic rings. The average molecular weight is 769 g/mol. The molecule has 1 aliphatic heterocycles. The van der Waals surface area contributed by atoms with Crippen molar-refractivity contribution in [2.75, 3.05) is 0 Å². The highest BCUT2D eigenvalue weighted by Gasteiger charge is 2.43. The van der Waals surface area contributed by atoms with Crippen molar-refractivity contribution >= 4 is 60.5 Å². The summed E-state index contributed by atoms with van der Waals surface area (Å²) in [6.07, 6.45) is 2.64. The topological polar surface area (TPSA) is 0 Å². The summed E-state index contributed by atoms with van der Waals surface area (Å²) >= 11 is 3.64. The standard InChI is InChI=1S/C48H66P2S2/c1-43(2,3)33-24-35(45(7,8)9)41(36(25-33)46(10,11)12)49-28-39(32-20-22-52-30-32)50(40(49)23-31-19-21-51-29-31)42-37(47(13,14)15)26-34(44(4,5)6)27-38(42)48(16,17)18/h19-30H,1-18H3/b40-23+. The van der Waals surface area contributed by atoms with Gasteiger partial charge in [0.25, 0.3) is 0 Å². The molecule has 280 valence electrons. The Morgan fingerprint density at radius 1 is 0.481 bits per heavy atom. The van der Waals surface area contributed by atoms with E-state index in [-0.39, 0.29) is 32.5 Å². The fourth-order valence-electron chi connectivity index (χ4n) is 7.07. The van der Waals surface area contributed by atoms with E-state index in [1.807, 2.05) is 22.7 Å². The number of benzene rings is 2. The lowest BCUT2D eigenvalue weighted by Gasteiger charge is -2.38. The summed E-state index contributed by atoms with van der Waals surface area (Å²) < 4.78 is 0. The fourth-order valence-corrected chi connectivity index (χ4v) is 16.4. The Labute approximate surface area is 329 Å². The minimum atomic E-state index is -0.868. The van der Waals surface area contributed by atoms with Gasteiger partial charge in [-0.3, -0.25) is 0 Å². The highest BCUT2D eigenvalue weighted by atomic mass is 32.1. The summed E-state index contributed by atoms with van der Waals surface area (Å²) in [6.45, 7) is 43.5. The van der Waals surface area contributed by atoms with Crippen molar-refractivity contribution in [3.63, 3.8) is 0 Å². The fraction of sp³-hybridized carbons (Fsp3) is 0.500. The molecule has 52 heavy (non-hydrogen) atoms. The number of rotatable bonds is 4. The minimum Gasteiger partial charge on any atom is -0.152 e. The van der Waals surface area contributed by atoms with Crippen LogP contribution in [0.25, 0.3) is 11.4 Å². The molecule has 0 aliphatic carbocycles. The van der Waals surface area contributed by atoms with Gasteiger partial charge in [0.05, 0.1) is 0 Å². The van der Waals surface area contributed by atoms with Crippen LogP contribution in [0.4, 0.5) is 0 Å². The smallest absolute Gasteiger partial charge is 0.00141 e. The second-order valence-corrected chi connectivity index (χ2v) is 27.1. The third-order valence-electron chi connectivity index (χ3n) is 10.3. The van der Waals surface area contributed by atoms with E-state index in [9.17, 15) is 0 Å². The van der Waals surface area contributed by atoms with Gasteiger partial charge < -0.3 is 0 Å². The van der Waals surface area contributed by atoms with E-state index in [2.05, 4.69) is 194 Å². The zero-order valence-corrected chi connectivity index (χ0v) is 39.1. The van der Waals surface area contributed by atoms with Crippen LogP contribution in [0.5, 0.6) is 0 Å². The maximum atomic E-state index is 2.79. The Bertz CT molecular complexity index is 1890. The summed E-state index contributed by atoms with van der Waals surface area (Å²) in [6, 6.07) is 15.1. The van der Waals surface area contributed by atoms with Gasteiger partial charge in [-0.25, -0.2) is 0 Å². The molecule has 2 unspecified atom stereocenters. The molecule has 0 bridgehead atoms. The van der Waals surface area contributed by atoms with E-state index in [1.54, 1.807) is 21.0 Å². The summed E-state index contributed by atoms with van der Waals surface area (Å²) in [5.74, 6) is 2.79. The van der Waals surface area contributed by atoms with Crippen LogP contribution < -0.4 is 10.6 Å². The summed E-state index contributed by atoms with van der Waals surface area (Å²) in [4.78, 5) is 0. The van der Waals surface area contributed by atoms with Crippen LogP contribution in [0.15, 0.2) is 68.8 Å². The summed E-state index contributed by atoms with van der Waals surface area (Å²) in [7, 11) is -1.69. The van der Waals surface area contributed by atoms with E-state index in [0.717, 1.165) is 0 Å². The van der Waals surface area contributed by atoms with Crippen LogP contribution in [-0.2, 0) is 32.5 Å². The molecule has 3 heterocycles. The average Bonchev–Trinajstić information content (AvgIpc) is 3.75. The molecule has 0 fully saturated rings. The molecular formula is C48H66P2S2. The second kappa shape index (κ2) is 14.0. The van der Waals surface area contributed by atoms with Crippen LogP contribution in [0.1, 0.15) is 169 Å². The van der Waals surface area contributed by atoms with Crippen molar-refractivity contribution in [3.8, 4) is 0 Å². The second-order valence-electron chi connectivity index (χ2n) is 21.1. The van der Waals surface area contributed by atoms with E-state index in [1.165, 1.54) is 44.5 Å². The van der Waals surface area contributed by atoms with Gasteiger partial charge in [0, 0.05) is 0 Å². The van der Waals surface area contributed by atoms with Gasteiger partial charge in [0.2, 0.25) is 0 Å². The zero-order valence-electron chi connectivity index (χ0n) is 35.6. The lowest BCUT2D eigenvalue weighted by molar-refractivity contribution is 0.553. The molecule has 1 aliphatic rings. The first-order valence-corrected chi connectivity index (χ1v) is 23.7. The predicted octanol–water partition coefficient (Wildman–Crippen LogP) is 15.5. The molecule has 0 radical (unpaired) electrons. The molecule has 2 atom stereocenters. The number of hydrogen-bond donors (Lipinski definition) is 0. The monoisotopic (exact) mass is 768 g/mol. The van der Waals surface area contributed by atoms with Gasteiger partial charge in [-0.1, -0.05) is 149 Å². The lowest BCUT2D eigenvalue weighted by Crippen LogP contribution is -2.32. The molecule has 0 nitrogen and oxygen atoms in total. The first kappa shape index (κ1) is 41.3. The molecule has 2 aromatic carbocycles. The van der Waals surface area contributed by atoms with Crippen molar-refractivity contribution in [1.82, 2.24) is 0 Å². The Hall–Kier alpha value is -1.82. The van der Waals surface area contributed by atoms with Crippen LogP contribution in [0.3, 0.4) is 0 Å². The highest BCUT2D eigenvalue weighted by molar-refractivity contribution is 7.98. The van der Waals surface area contributed by atoms with E-state index < -0.39 is 15.8 Å². The lowest BCUT2D eigenvalue weighted by atomic mass is 9.75. The Kier molecular flexibility index (Phi) is 11.2. The van der Waals surface area contributed by atoms with Gasteiger partial charge in [0.1, 0.15) is 0 Å². The third-order valence-corrected chi connectivity index (χ3v) is 17.6. The van der Waals surface area contributed by atoms with E-state index >= 15 is 0 Å². The van der Waals surface area contributed by atoms with Gasteiger partial charge in [0.15, 0.2) is 0 Å². The van der Waals surface area contributed by atoms with Crippen molar-refractivity contribution in [1.29, 1.82) is 0 Å². The van der Waals surface area contributed by atoms with E-state index in [4.69, 9.17) is 0 Å². The van der Waals surface area contributed by atoms with Crippen molar-refractivity contribution in [3.05, 3.63) is 113 Å². The Morgan fingerprint density at radius 3 is 1.23 bits per heavy atom.